The lowest BCUT2D eigenvalue weighted by atomic mass is 10.1. The number of hydrogen-bond donors (Lipinski definition) is 3. The molecule has 0 spiro atoms. The van der Waals surface area contributed by atoms with Gasteiger partial charge < -0.3 is 10.2 Å². The summed E-state index contributed by atoms with van der Waals surface area (Å²) in [4.78, 5) is 14.8. The van der Waals surface area contributed by atoms with Crippen molar-refractivity contribution in [1.29, 1.82) is 0 Å². The normalized spacial score (nSPS) is 13.0. The van der Waals surface area contributed by atoms with E-state index in [0.717, 1.165) is 30.0 Å². The number of nitrogens with zero attached hydrogens (tertiary/aromatic N) is 1. The van der Waals surface area contributed by atoms with Crippen LogP contribution < -0.4 is 0 Å². The van der Waals surface area contributed by atoms with Crippen molar-refractivity contribution in [1.82, 2.24) is 0 Å². The summed E-state index contributed by atoms with van der Waals surface area (Å²) in [6.45, 7) is 0. The van der Waals surface area contributed by atoms with Crippen molar-refractivity contribution in [3.8, 4) is 5.75 Å². The summed E-state index contributed by atoms with van der Waals surface area (Å²) in [6, 6.07) is 10.9. The molecule has 2 aromatic carbocycles. The number of phenols is 1. The van der Waals surface area contributed by atoms with Crippen LogP contribution in [-0.4, -0.2) is 41.4 Å². The lowest BCUT2D eigenvalue weighted by Gasteiger charge is -2.08. The Balaban J connectivity index is 2.28. The largest absolute Gasteiger partial charge is 0.507 e. The summed E-state index contributed by atoms with van der Waals surface area (Å²) in [5.74, 6) is -1.43. The Labute approximate surface area is 138 Å². The van der Waals surface area contributed by atoms with Gasteiger partial charge in [-0.2, -0.15) is 8.42 Å². The molecule has 126 valence electrons. The zero-order valence-electron chi connectivity index (χ0n) is 12.4. The van der Waals surface area contributed by atoms with Crippen molar-refractivity contribution in [2.24, 2.45) is 4.99 Å². The summed E-state index contributed by atoms with van der Waals surface area (Å²) >= 11 is 0. The van der Waals surface area contributed by atoms with Crippen molar-refractivity contribution in [2.75, 3.05) is 0 Å². The number of carboxylic acid groups (broad SMARTS) is 1. The third-order valence-corrected chi connectivity index (χ3v) is 4.10. The topological polar surface area (TPSA) is 124 Å². The van der Waals surface area contributed by atoms with Gasteiger partial charge in [0.25, 0.3) is 10.1 Å². The van der Waals surface area contributed by atoms with Crippen LogP contribution in [0.25, 0.3) is 0 Å². The molecule has 0 bridgehead atoms. The van der Waals surface area contributed by atoms with Crippen molar-refractivity contribution < 1.29 is 28.0 Å². The Kier molecular flexibility index (Phi) is 5.32. The van der Waals surface area contributed by atoms with Gasteiger partial charge in [-0.1, -0.05) is 30.3 Å². The van der Waals surface area contributed by atoms with Crippen LogP contribution in [0.3, 0.4) is 0 Å². The van der Waals surface area contributed by atoms with Crippen LogP contribution in [-0.2, 0) is 21.3 Å². The highest BCUT2D eigenvalue weighted by molar-refractivity contribution is 7.85. The first kappa shape index (κ1) is 17.6. The highest BCUT2D eigenvalue weighted by atomic mass is 32.2. The van der Waals surface area contributed by atoms with Gasteiger partial charge in [0.15, 0.2) is 6.04 Å². The third kappa shape index (κ3) is 4.64. The Bertz CT molecular complexity index is 861. The minimum absolute atomic E-state index is 0.00978. The van der Waals surface area contributed by atoms with Crippen molar-refractivity contribution in [3.63, 3.8) is 0 Å². The van der Waals surface area contributed by atoms with Crippen LogP contribution in [0.4, 0.5) is 0 Å². The first-order valence-electron chi connectivity index (χ1n) is 6.88. The van der Waals surface area contributed by atoms with Gasteiger partial charge in [-0.05, 0) is 23.8 Å². The molecule has 0 aliphatic carbocycles. The van der Waals surface area contributed by atoms with E-state index in [1.165, 1.54) is 0 Å². The van der Waals surface area contributed by atoms with E-state index >= 15 is 0 Å². The number of aliphatic imine (C=N–C) groups is 1. The molecule has 0 amide bonds. The van der Waals surface area contributed by atoms with Gasteiger partial charge in [0.1, 0.15) is 5.75 Å². The van der Waals surface area contributed by atoms with Crippen LogP contribution in [0.5, 0.6) is 5.75 Å². The van der Waals surface area contributed by atoms with Crippen molar-refractivity contribution >= 4 is 22.3 Å². The molecule has 1 atom stereocenters. The van der Waals surface area contributed by atoms with Gasteiger partial charge >= 0.3 is 5.97 Å². The molecule has 2 aromatic rings. The molecule has 0 saturated carbocycles. The predicted octanol–water partition coefficient (Wildman–Crippen LogP) is 1.75. The molecule has 0 aliphatic rings. The number of aliphatic carboxylic acids is 1. The van der Waals surface area contributed by atoms with E-state index < -0.39 is 27.0 Å². The van der Waals surface area contributed by atoms with Gasteiger partial charge in [0.2, 0.25) is 0 Å². The van der Waals surface area contributed by atoms with Crippen molar-refractivity contribution in [2.45, 2.75) is 17.4 Å². The molecule has 2 rings (SSSR count). The number of phenolic OH excluding ortho intramolecular Hbond substituents is 1. The van der Waals surface area contributed by atoms with Gasteiger partial charge in [-0.3, -0.25) is 9.55 Å². The SMILES string of the molecule is O=C(O)[C@H](Cc1ccccc1)N=Cc1cc(S(=O)(=O)O)ccc1O. The zero-order chi connectivity index (χ0) is 17.7. The molecule has 0 heterocycles. The van der Waals surface area contributed by atoms with E-state index in [2.05, 4.69) is 4.99 Å². The highest BCUT2D eigenvalue weighted by Gasteiger charge is 2.17. The van der Waals surface area contributed by atoms with Crippen LogP contribution in [0, 0.1) is 0 Å². The number of carboxylic acids is 1. The standard InChI is InChI=1S/C16H15NO6S/c18-15-7-6-13(24(21,22)23)9-12(15)10-17-14(16(19)20)8-11-4-2-1-3-5-11/h1-7,9-10,14,18H,8H2,(H,19,20)(H,21,22,23)/t14-/m0/s1. The van der Waals surface area contributed by atoms with Gasteiger partial charge in [0.05, 0.1) is 4.90 Å². The van der Waals surface area contributed by atoms with Gasteiger partial charge in [-0.15, -0.1) is 0 Å². The second-order valence-electron chi connectivity index (χ2n) is 5.02. The number of hydrogen-bond acceptors (Lipinski definition) is 5. The average molecular weight is 349 g/mol. The Morgan fingerprint density at radius 1 is 1.17 bits per heavy atom. The maximum Gasteiger partial charge on any atom is 0.328 e. The lowest BCUT2D eigenvalue weighted by Crippen LogP contribution is -2.20. The molecule has 0 aliphatic heterocycles. The Morgan fingerprint density at radius 2 is 1.83 bits per heavy atom. The first-order valence-corrected chi connectivity index (χ1v) is 8.32. The number of benzene rings is 2. The van der Waals surface area contributed by atoms with Crippen LogP contribution in [0.15, 0.2) is 58.4 Å². The van der Waals surface area contributed by atoms with Crippen LogP contribution >= 0.6 is 0 Å². The Morgan fingerprint density at radius 3 is 2.42 bits per heavy atom. The molecule has 3 N–H and O–H groups in total. The molecule has 8 heteroatoms. The molecule has 24 heavy (non-hydrogen) atoms. The zero-order valence-corrected chi connectivity index (χ0v) is 13.2. The monoisotopic (exact) mass is 349 g/mol. The van der Waals surface area contributed by atoms with E-state index in [-0.39, 0.29) is 17.7 Å². The Hall–Kier alpha value is -2.71. The van der Waals surface area contributed by atoms with E-state index in [4.69, 9.17) is 4.55 Å². The minimum Gasteiger partial charge on any atom is -0.507 e. The number of carbonyl (C=O) groups is 1. The number of aromatic hydroxyl groups is 1. The fourth-order valence-corrected chi connectivity index (χ4v) is 2.52. The second-order valence-corrected chi connectivity index (χ2v) is 6.44. The smallest absolute Gasteiger partial charge is 0.328 e. The average Bonchev–Trinajstić information content (AvgIpc) is 2.52. The van der Waals surface area contributed by atoms with E-state index in [9.17, 15) is 23.4 Å². The van der Waals surface area contributed by atoms with E-state index in [1.807, 2.05) is 0 Å². The summed E-state index contributed by atoms with van der Waals surface area (Å²) in [5.41, 5.74) is 0.766. The summed E-state index contributed by atoms with van der Waals surface area (Å²) < 4.78 is 31.3. The lowest BCUT2D eigenvalue weighted by molar-refractivity contribution is -0.138. The summed E-state index contributed by atoms with van der Waals surface area (Å²) in [6.07, 6.45) is 1.22. The quantitative estimate of drug-likeness (QED) is 0.539. The minimum atomic E-state index is -4.43. The van der Waals surface area contributed by atoms with Crippen LogP contribution in [0.1, 0.15) is 11.1 Å². The summed E-state index contributed by atoms with van der Waals surface area (Å²) in [7, 11) is -4.43. The number of rotatable bonds is 6. The molecule has 0 aromatic heterocycles. The second kappa shape index (κ2) is 7.24. The molecule has 0 radical (unpaired) electrons. The van der Waals surface area contributed by atoms with Gasteiger partial charge in [0, 0.05) is 18.2 Å². The van der Waals surface area contributed by atoms with Crippen molar-refractivity contribution in [3.05, 3.63) is 59.7 Å². The maximum absolute atomic E-state index is 11.3. The fourth-order valence-electron chi connectivity index (χ4n) is 2.01. The van der Waals surface area contributed by atoms with Gasteiger partial charge in [-0.25, -0.2) is 4.79 Å². The molecule has 7 nitrogen and oxygen atoms in total. The molecular weight excluding hydrogens is 334 g/mol. The molecule has 0 fully saturated rings. The maximum atomic E-state index is 11.3. The van der Waals surface area contributed by atoms with Crippen LogP contribution in [0.2, 0.25) is 0 Å². The van der Waals surface area contributed by atoms with E-state index in [0.29, 0.717) is 0 Å². The van der Waals surface area contributed by atoms with E-state index in [1.54, 1.807) is 30.3 Å². The highest BCUT2D eigenvalue weighted by Crippen LogP contribution is 2.20. The fraction of sp³-hybridized carbons (Fsp3) is 0.125. The molecular formula is C16H15NO6S. The molecule has 0 unspecified atom stereocenters. The summed E-state index contributed by atoms with van der Waals surface area (Å²) in [5, 5.41) is 19.0. The molecule has 0 saturated heterocycles. The predicted molar refractivity (Wildman–Crippen MR) is 87.1 cm³/mol. The third-order valence-electron chi connectivity index (χ3n) is 3.25. The first-order chi connectivity index (χ1) is 11.3.